The molecular formula is C18H36O2S. The van der Waals surface area contributed by atoms with E-state index in [1.807, 2.05) is 0 Å². The van der Waals surface area contributed by atoms with Gasteiger partial charge in [0.15, 0.2) is 0 Å². The van der Waals surface area contributed by atoms with Crippen LogP contribution in [-0.2, 0) is 4.79 Å². The lowest BCUT2D eigenvalue weighted by Crippen LogP contribution is -2.32. The molecule has 0 fully saturated rings. The van der Waals surface area contributed by atoms with E-state index in [0.29, 0.717) is 12.8 Å². The van der Waals surface area contributed by atoms with Crippen LogP contribution in [0.4, 0.5) is 0 Å². The fraction of sp³-hybridized carbons (Fsp3) is 0.944. The summed E-state index contributed by atoms with van der Waals surface area (Å²) in [7, 11) is 0. The summed E-state index contributed by atoms with van der Waals surface area (Å²) in [5, 5.41) is 9.33. The smallest absolute Gasteiger partial charge is 0.319 e. The minimum atomic E-state index is -0.795. The first-order valence-corrected chi connectivity index (χ1v) is 9.47. The first-order chi connectivity index (χ1) is 10.1. The maximum absolute atomic E-state index is 11.3. The van der Waals surface area contributed by atoms with Crippen molar-refractivity contribution in [3.63, 3.8) is 0 Å². The van der Waals surface area contributed by atoms with Gasteiger partial charge in [-0.3, -0.25) is 4.79 Å². The van der Waals surface area contributed by atoms with Crippen molar-refractivity contribution in [2.45, 2.75) is 108 Å². The van der Waals surface area contributed by atoms with Crippen LogP contribution >= 0.6 is 12.6 Å². The van der Waals surface area contributed by atoms with Crippen molar-refractivity contribution in [3.05, 3.63) is 0 Å². The molecule has 0 aliphatic heterocycles. The first-order valence-electron chi connectivity index (χ1n) is 9.02. The summed E-state index contributed by atoms with van der Waals surface area (Å²) in [5.41, 5.74) is 0. The molecular weight excluding hydrogens is 280 g/mol. The standard InChI is InChI=1S/C18H36O2S/c1-3-5-7-8-9-10-11-12-13-14-16-18(21,17(19)20)15-6-4-2/h21H,3-16H2,1-2H3,(H,19,20). The van der Waals surface area contributed by atoms with Crippen LogP contribution in [0.3, 0.4) is 0 Å². The number of rotatable bonds is 15. The van der Waals surface area contributed by atoms with Gasteiger partial charge in [-0.1, -0.05) is 90.9 Å². The Kier molecular flexibility index (Phi) is 13.4. The van der Waals surface area contributed by atoms with Crippen molar-refractivity contribution in [1.29, 1.82) is 0 Å². The number of carbonyl (C=O) groups is 1. The Morgan fingerprint density at radius 2 is 1.14 bits per heavy atom. The Morgan fingerprint density at radius 1 is 0.762 bits per heavy atom. The van der Waals surface area contributed by atoms with E-state index in [1.54, 1.807) is 0 Å². The van der Waals surface area contributed by atoms with Crippen LogP contribution in [0.5, 0.6) is 0 Å². The third-order valence-corrected chi connectivity index (χ3v) is 4.92. The second kappa shape index (κ2) is 13.5. The van der Waals surface area contributed by atoms with E-state index in [0.717, 1.165) is 25.7 Å². The molecule has 1 N–H and O–H groups in total. The summed E-state index contributed by atoms with van der Waals surface area (Å²) < 4.78 is -0.795. The normalized spacial score (nSPS) is 14.0. The number of carboxylic acid groups (broad SMARTS) is 1. The average molecular weight is 317 g/mol. The van der Waals surface area contributed by atoms with Crippen LogP contribution < -0.4 is 0 Å². The van der Waals surface area contributed by atoms with Gasteiger partial charge in [-0.05, 0) is 12.8 Å². The van der Waals surface area contributed by atoms with E-state index in [9.17, 15) is 9.90 Å². The molecule has 0 rings (SSSR count). The maximum atomic E-state index is 11.3. The van der Waals surface area contributed by atoms with E-state index in [1.165, 1.54) is 51.4 Å². The monoisotopic (exact) mass is 316 g/mol. The molecule has 0 aromatic rings. The van der Waals surface area contributed by atoms with Gasteiger partial charge in [-0.25, -0.2) is 0 Å². The quantitative estimate of drug-likeness (QED) is 0.277. The molecule has 0 heterocycles. The first kappa shape index (κ1) is 20.8. The van der Waals surface area contributed by atoms with Crippen molar-refractivity contribution in [1.82, 2.24) is 0 Å². The van der Waals surface area contributed by atoms with Gasteiger partial charge >= 0.3 is 5.97 Å². The molecule has 0 radical (unpaired) electrons. The molecule has 0 aliphatic rings. The van der Waals surface area contributed by atoms with Crippen molar-refractivity contribution in [3.8, 4) is 0 Å². The Labute approximate surface area is 137 Å². The average Bonchev–Trinajstić information content (AvgIpc) is 2.47. The van der Waals surface area contributed by atoms with Gasteiger partial charge in [0.2, 0.25) is 0 Å². The highest BCUT2D eigenvalue weighted by molar-refractivity contribution is 7.82. The van der Waals surface area contributed by atoms with Crippen LogP contribution in [0.25, 0.3) is 0 Å². The summed E-state index contributed by atoms with van der Waals surface area (Å²) in [6.45, 7) is 4.34. The lowest BCUT2D eigenvalue weighted by Gasteiger charge is -2.23. The molecule has 21 heavy (non-hydrogen) atoms. The summed E-state index contributed by atoms with van der Waals surface area (Å²) >= 11 is 4.44. The van der Waals surface area contributed by atoms with Crippen molar-refractivity contribution < 1.29 is 9.90 Å². The van der Waals surface area contributed by atoms with E-state index in [-0.39, 0.29) is 0 Å². The van der Waals surface area contributed by atoms with Crippen LogP contribution in [0, 0.1) is 0 Å². The second-order valence-corrected chi connectivity index (χ2v) is 7.23. The van der Waals surface area contributed by atoms with Crippen LogP contribution in [0.2, 0.25) is 0 Å². The van der Waals surface area contributed by atoms with Gasteiger partial charge in [-0.15, -0.1) is 0 Å². The summed E-state index contributed by atoms with van der Waals surface area (Å²) in [4.78, 5) is 11.3. The van der Waals surface area contributed by atoms with E-state index >= 15 is 0 Å². The van der Waals surface area contributed by atoms with Gasteiger partial charge in [0.1, 0.15) is 4.75 Å². The Bertz CT molecular complexity index is 256. The molecule has 0 bridgehead atoms. The number of hydrogen-bond donors (Lipinski definition) is 2. The Morgan fingerprint density at radius 3 is 1.57 bits per heavy atom. The zero-order valence-corrected chi connectivity index (χ0v) is 15.1. The van der Waals surface area contributed by atoms with E-state index in [2.05, 4.69) is 26.5 Å². The van der Waals surface area contributed by atoms with E-state index in [4.69, 9.17) is 0 Å². The fourth-order valence-electron chi connectivity index (χ4n) is 2.71. The van der Waals surface area contributed by atoms with Crippen molar-refractivity contribution in [2.24, 2.45) is 0 Å². The van der Waals surface area contributed by atoms with Crippen molar-refractivity contribution in [2.75, 3.05) is 0 Å². The minimum Gasteiger partial charge on any atom is -0.480 e. The number of aliphatic carboxylic acids is 1. The minimum absolute atomic E-state index is 0.694. The van der Waals surface area contributed by atoms with Gasteiger partial charge in [0.05, 0.1) is 0 Å². The highest BCUT2D eigenvalue weighted by Gasteiger charge is 2.32. The van der Waals surface area contributed by atoms with Gasteiger partial charge in [0, 0.05) is 0 Å². The summed E-state index contributed by atoms with van der Waals surface area (Å²) in [5.74, 6) is -0.741. The Hall–Kier alpha value is -0.180. The molecule has 0 saturated carbocycles. The van der Waals surface area contributed by atoms with E-state index < -0.39 is 10.7 Å². The molecule has 2 nitrogen and oxygen atoms in total. The van der Waals surface area contributed by atoms with Crippen LogP contribution in [-0.4, -0.2) is 15.8 Å². The molecule has 0 saturated heterocycles. The number of thiol groups is 1. The zero-order valence-electron chi connectivity index (χ0n) is 14.2. The Balaban J connectivity index is 3.56. The predicted octanol–water partition coefficient (Wildman–Crippen LogP) is 6.24. The summed E-state index contributed by atoms with van der Waals surface area (Å²) in [6, 6.07) is 0. The third kappa shape index (κ3) is 11.1. The number of unbranched alkanes of at least 4 members (excludes halogenated alkanes) is 10. The molecule has 0 aliphatic carbocycles. The molecule has 0 aromatic heterocycles. The van der Waals surface area contributed by atoms with Gasteiger partial charge < -0.3 is 5.11 Å². The molecule has 0 spiro atoms. The summed E-state index contributed by atoms with van der Waals surface area (Å²) in [6.07, 6.45) is 16.2. The predicted molar refractivity (Wildman–Crippen MR) is 95.3 cm³/mol. The number of carboxylic acids is 1. The molecule has 126 valence electrons. The highest BCUT2D eigenvalue weighted by Crippen LogP contribution is 2.29. The van der Waals surface area contributed by atoms with Gasteiger partial charge in [0.25, 0.3) is 0 Å². The lowest BCUT2D eigenvalue weighted by molar-refractivity contribution is -0.140. The lowest BCUT2D eigenvalue weighted by atomic mass is 9.94. The van der Waals surface area contributed by atoms with Crippen molar-refractivity contribution >= 4 is 18.6 Å². The van der Waals surface area contributed by atoms with Gasteiger partial charge in [-0.2, -0.15) is 12.6 Å². The largest absolute Gasteiger partial charge is 0.480 e. The molecule has 0 amide bonds. The molecule has 1 unspecified atom stereocenters. The number of hydrogen-bond acceptors (Lipinski definition) is 2. The van der Waals surface area contributed by atoms with Crippen LogP contribution in [0.15, 0.2) is 0 Å². The molecule has 1 atom stereocenters. The SMILES string of the molecule is CCCCCCCCCCCCC(S)(CCCC)C(=O)O. The molecule has 3 heteroatoms. The van der Waals surface area contributed by atoms with Crippen LogP contribution in [0.1, 0.15) is 104 Å². The topological polar surface area (TPSA) is 37.3 Å². The second-order valence-electron chi connectivity index (χ2n) is 6.37. The molecule has 0 aromatic carbocycles. The highest BCUT2D eigenvalue weighted by atomic mass is 32.1. The fourth-order valence-corrected chi connectivity index (χ4v) is 3.03. The zero-order chi connectivity index (χ0) is 16.0. The third-order valence-electron chi connectivity index (χ3n) is 4.29. The maximum Gasteiger partial charge on any atom is 0.319 e.